The van der Waals surface area contributed by atoms with Crippen LogP contribution in [0.2, 0.25) is 0 Å². The van der Waals surface area contributed by atoms with Gasteiger partial charge in [-0.05, 0) is 18.2 Å². The fourth-order valence-corrected chi connectivity index (χ4v) is 2.94. The number of hydrogen-bond acceptors (Lipinski definition) is 8. The van der Waals surface area contributed by atoms with Crippen LogP contribution in [0.15, 0.2) is 30.6 Å². The molecule has 0 spiro atoms. The third kappa shape index (κ3) is 3.17. The van der Waals surface area contributed by atoms with Crippen LogP contribution >= 0.6 is 0 Å². The van der Waals surface area contributed by atoms with Crippen molar-refractivity contribution < 1.29 is 28.9 Å². The number of esters is 1. The number of aromatic nitrogens is 4. The van der Waals surface area contributed by atoms with Crippen molar-refractivity contribution in [3.05, 3.63) is 36.3 Å². The quantitative estimate of drug-likeness (QED) is 0.528. The monoisotopic (exact) mass is 389 g/mol. The molecule has 0 unspecified atom stereocenters. The highest BCUT2D eigenvalue weighted by molar-refractivity contribution is 5.90. The average Bonchev–Trinajstić information content (AvgIpc) is 3.35. The van der Waals surface area contributed by atoms with Crippen LogP contribution in [0.3, 0.4) is 0 Å². The molecule has 0 fully saturated rings. The number of aromatic hydroxyl groups is 1. The number of carbonyl (C=O) groups is 2. The number of alkyl carbamates (subject to hydrolysis) is 1. The lowest BCUT2D eigenvalue weighted by atomic mass is 9.95. The van der Waals surface area contributed by atoms with Gasteiger partial charge in [0.1, 0.15) is 11.4 Å². The van der Waals surface area contributed by atoms with Crippen LogP contribution in [0.25, 0.3) is 10.8 Å². The van der Waals surface area contributed by atoms with Crippen LogP contribution in [0.4, 0.5) is 4.79 Å². The molecule has 2 aromatic heterocycles. The molecule has 1 amide bonds. The van der Waals surface area contributed by atoms with Crippen LogP contribution in [-0.2, 0) is 26.4 Å². The average molecular weight is 389 g/mol. The van der Waals surface area contributed by atoms with Gasteiger partial charge in [-0.3, -0.25) is 5.32 Å². The normalized spacial score (nSPS) is 13.0. The topological polar surface area (TPSA) is 141 Å². The Balaban J connectivity index is 2.13. The molecule has 0 saturated carbocycles. The summed E-state index contributed by atoms with van der Waals surface area (Å²) in [5.41, 5.74) is -1.72. The van der Waals surface area contributed by atoms with Gasteiger partial charge < -0.3 is 23.9 Å². The lowest BCUT2D eigenvalue weighted by molar-refractivity contribution is -0.149. The molecular formula is C17H19N5O6. The maximum atomic E-state index is 12.7. The zero-order chi connectivity index (χ0) is 20.3. The molecule has 11 heteroatoms. The van der Waals surface area contributed by atoms with Crippen molar-refractivity contribution >= 4 is 22.8 Å². The summed E-state index contributed by atoms with van der Waals surface area (Å²) < 4.78 is 16.1. The third-order valence-corrected chi connectivity index (χ3v) is 4.36. The van der Waals surface area contributed by atoms with E-state index in [0.29, 0.717) is 16.5 Å². The predicted molar refractivity (Wildman–Crippen MR) is 95.8 cm³/mol. The summed E-state index contributed by atoms with van der Waals surface area (Å²) in [6, 6.07) is 5.16. The summed E-state index contributed by atoms with van der Waals surface area (Å²) >= 11 is 0. The zero-order valence-corrected chi connectivity index (χ0v) is 15.4. The minimum Gasteiger partial charge on any atom is -0.497 e. The number of ether oxygens (including phenoxy) is 3. The van der Waals surface area contributed by atoms with Gasteiger partial charge in [-0.1, -0.05) is 0 Å². The highest BCUT2D eigenvalue weighted by Crippen LogP contribution is 2.33. The molecule has 0 aliphatic rings. The van der Waals surface area contributed by atoms with Gasteiger partial charge in [0.2, 0.25) is 5.54 Å². The number of carbonyl (C=O) groups excluding carboxylic acids is 2. The molecule has 28 heavy (non-hydrogen) atoms. The van der Waals surface area contributed by atoms with Gasteiger partial charge in [-0.2, -0.15) is 15.4 Å². The molecule has 3 rings (SSSR count). The molecule has 3 aromatic rings. The Kier molecular flexibility index (Phi) is 5.07. The Bertz CT molecular complexity index is 999. The van der Waals surface area contributed by atoms with Crippen molar-refractivity contribution in [1.82, 2.24) is 25.3 Å². The lowest BCUT2D eigenvalue weighted by Crippen LogP contribution is -2.55. The second kappa shape index (κ2) is 7.47. The highest BCUT2D eigenvalue weighted by Gasteiger charge is 2.47. The van der Waals surface area contributed by atoms with Crippen LogP contribution in [0.5, 0.6) is 11.6 Å². The minimum atomic E-state index is -1.80. The van der Waals surface area contributed by atoms with Gasteiger partial charge >= 0.3 is 12.1 Å². The van der Waals surface area contributed by atoms with Gasteiger partial charge in [-0.25, -0.2) is 9.59 Å². The largest absolute Gasteiger partial charge is 0.497 e. The van der Waals surface area contributed by atoms with E-state index >= 15 is 0 Å². The molecule has 0 bridgehead atoms. The summed E-state index contributed by atoms with van der Waals surface area (Å²) in [7, 11) is 3.85. The summed E-state index contributed by atoms with van der Waals surface area (Å²) in [5, 5.41) is 24.4. The van der Waals surface area contributed by atoms with Crippen LogP contribution in [-0.4, -0.2) is 58.5 Å². The Morgan fingerprint density at radius 3 is 2.68 bits per heavy atom. The lowest BCUT2D eigenvalue weighted by Gasteiger charge is -2.29. The van der Waals surface area contributed by atoms with E-state index in [9.17, 15) is 14.7 Å². The van der Waals surface area contributed by atoms with Crippen LogP contribution in [0, 0.1) is 0 Å². The number of fused-ring (bicyclic) bond motifs is 1. The molecule has 0 radical (unpaired) electrons. The Labute approximate surface area is 159 Å². The fourth-order valence-electron chi connectivity index (χ4n) is 2.94. The van der Waals surface area contributed by atoms with Gasteiger partial charge in [-0.15, -0.1) is 0 Å². The molecule has 0 aliphatic heterocycles. The SMILES string of the molecule is COC(=O)N[C@](Cn1cc2ccc(OC)cc2c1O)(C(=O)OC)c1cn[nH]n1. The maximum Gasteiger partial charge on any atom is 0.408 e. The summed E-state index contributed by atoms with van der Waals surface area (Å²) in [6.07, 6.45) is 2.02. The van der Waals surface area contributed by atoms with E-state index in [1.54, 1.807) is 24.4 Å². The first kappa shape index (κ1) is 19.0. The standard InChI is InChI=1S/C17H19N5O6/c1-26-11-5-4-10-8-22(14(23)12(10)6-11)9-17(15(24)27-2,19-16(25)28-3)13-7-18-21-20-13/h4-8,23H,9H2,1-3H3,(H,19,25)(H,18,20,21)/t17-/m0/s1. The second-order valence-corrected chi connectivity index (χ2v) is 5.90. The van der Waals surface area contributed by atoms with Gasteiger partial charge in [0, 0.05) is 17.0 Å². The molecule has 1 atom stereocenters. The van der Waals surface area contributed by atoms with E-state index in [1.165, 1.54) is 25.0 Å². The molecule has 2 heterocycles. The number of benzene rings is 1. The number of hydrogen-bond donors (Lipinski definition) is 3. The van der Waals surface area contributed by atoms with Crippen molar-refractivity contribution in [2.75, 3.05) is 21.3 Å². The van der Waals surface area contributed by atoms with E-state index in [4.69, 9.17) is 9.47 Å². The molecule has 148 valence electrons. The molecular weight excluding hydrogens is 370 g/mol. The first-order valence-corrected chi connectivity index (χ1v) is 8.11. The van der Waals surface area contributed by atoms with E-state index in [0.717, 1.165) is 7.11 Å². The predicted octanol–water partition coefficient (Wildman–Crippen LogP) is 0.898. The van der Waals surface area contributed by atoms with Gasteiger partial charge in [0.15, 0.2) is 5.88 Å². The molecule has 0 aliphatic carbocycles. The highest BCUT2D eigenvalue weighted by atomic mass is 16.5. The summed E-state index contributed by atoms with van der Waals surface area (Å²) in [5.74, 6) is -0.386. The number of aromatic amines is 1. The fraction of sp³-hybridized carbons (Fsp3) is 0.294. The first-order valence-electron chi connectivity index (χ1n) is 8.11. The Morgan fingerprint density at radius 1 is 1.29 bits per heavy atom. The smallest absolute Gasteiger partial charge is 0.408 e. The summed E-state index contributed by atoms with van der Waals surface area (Å²) in [4.78, 5) is 24.7. The van der Waals surface area contributed by atoms with Crippen molar-refractivity contribution in [2.24, 2.45) is 0 Å². The summed E-state index contributed by atoms with van der Waals surface area (Å²) in [6.45, 7) is -0.232. The Morgan fingerprint density at radius 2 is 2.07 bits per heavy atom. The van der Waals surface area contributed by atoms with E-state index in [2.05, 4.69) is 25.5 Å². The molecule has 0 saturated heterocycles. The van der Waals surface area contributed by atoms with E-state index < -0.39 is 17.6 Å². The molecule has 11 nitrogen and oxygen atoms in total. The van der Waals surface area contributed by atoms with Crippen molar-refractivity contribution in [1.29, 1.82) is 0 Å². The maximum absolute atomic E-state index is 12.7. The first-order chi connectivity index (χ1) is 13.4. The number of H-pyrrole nitrogens is 1. The minimum absolute atomic E-state index is 0.0829. The second-order valence-electron chi connectivity index (χ2n) is 5.90. The van der Waals surface area contributed by atoms with Gasteiger partial charge in [0.25, 0.3) is 0 Å². The van der Waals surface area contributed by atoms with Crippen molar-refractivity contribution in [3.8, 4) is 11.6 Å². The number of rotatable bonds is 6. The van der Waals surface area contributed by atoms with E-state index in [-0.39, 0.29) is 18.1 Å². The third-order valence-electron chi connectivity index (χ3n) is 4.36. The van der Waals surface area contributed by atoms with Crippen molar-refractivity contribution in [2.45, 2.75) is 12.1 Å². The van der Waals surface area contributed by atoms with Gasteiger partial charge in [0.05, 0.1) is 34.1 Å². The molecule has 3 N–H and O–H groups in total. The van der Waals surface area contributed by atoms with Crippen molar-refractivity contribution in [3.63, 3.8) is 0 Å². The number of amides is 1. The number of nitrogens with zero attached hydrogens (tertiary/aromatic N) is 3. The number of methoxy groups -OCH3 is 3. The zero-order valence-electron chi connectivity index (χ0n) is 15.4. The van der Waals surface area contributed by atoms with Crippen LogP contribution < -0.4 is 10.1 Å². The number of nitrogens with one attached hydrogen (secondary N) is 2. The van der Waals surface area contributed by atoms with E-state index in [1.807, 2.05) is 0 Å². The van der Waals surface area contributed by atoms with Crippen LogP contribution in [0.1, 0.15) is 5.69 Å². The Hall–Kier alpha value is -3.76. The molecule has 1 aromatic carbocycles.